The topological polar surface area (TPSA) is 56.2 Å². The molecule has 5 nitrogen and oxygen atoms in total. The van der Waals surface area contributed by atoms with E-state index in [9.17, 15) is 9.18 Å². The molecule has 1 N–H and O–H groups in total. The Bertz CT molecular complexity index is 959. The first-order valence-electron chi connectivity index (χ1n) is 7.61. The van der Waals surface area contributed by atoms with Gasteiger partial charge in [-0.05, 0) is 48.9 Å². The van der Waals surface area contributed by atoms with Gasteiger partial charge < -0.3 is 10.1 Å². The molecule has 1 aromatic heterocycles. The molecule has 1 amide bonds. The third-order valence-corrected chi connectivity index (χ3v) is 4.02. The number of anilines is 1. The van der Waals surface area contributed by atoms with E-state index >= 15 is 0 Å². The molecule has 0 bridgehead atoms. The molecular weight excluding hydrogens is 380 g/mol. The predicted octanol–water partition coefficient (Wildman–Crippen LogP) is 4.93. The number of halogens is 3. The standard InChI is InChI=1S/C18H14Cl2FN3O2/c1-11-2-4-14(21)16(8-11)22-18(25)15-6-7-24(23-15)10-26-17-5-3-12(19)9-13(17)20/h2-9H,10H2,1H3,(H,22,25). The third-order valence-electron chi connectivity index (χ3n) is 3.49. The summed E-state index contributed by atoms with van der Waals surface area (Å²) in [7, 11) is 0. The second-order valence-electron chi connectivity index (χ2n) is 5.53. The molecule has 0 saturated carbocycles. The zero-order valence-electron chi connectivity index (χ0n) is 13.7. The quantitative estimate of drug-likeness (QED) is 0.668. The Hall–Kier alpha value is -2.57. The fourth-order valence-corrected chi connectivity index (χ4v) is 2.67. The number of rotatable bonds is 5. The van der Waals surface area contributed by atoms with Gasteiger partial charge in [-0.1, -0.05) is 29.3 Å². The Morgan fingerprint density at radius 1 is 1.23 bits per heavy atom. The van der Waals surface area contributed by atoms with Crippen molar-refractivity contribution in [3.05, 3.63) is 75.8 Å². The van der Waals surface area contributed by atoms with Crippen molar-refractivity contribution in [3.63, 3.8) is 0 Å². The van der Waals surface area contributed by atoms with E-state index in [4.69, 9.17) is 27.9 Å². The second-order valence-corrected chi connectivity index (χ2v) is 6.37. The fraction of sp³-hybridized carbons (Fsp3) is 0.111. The number of hydrogen-bond donors (Lipinski definition) is 1. The van der Waals surface area contributed by atoms with Crippen molar-refractivity contribution in [1.29, 1.82) is 0 Å². The van der Waals surface area contributed by atoms with Crippen molar-refractivity contribution in [2.75, 3.05) is 5.32 Å². The average Bonchev–Trinajstić information content (AvgIpc) is 3.06. The van der Waals surface area contributed by atoms with Crippen LogP contribution in [0.4, 0.5) is 10.1 Å². The zero-order valence-corrected chi connectivity index (χ0v) is 15.2. The lowest BCUT2D eigenvalue weighted by Gasteiger charge is -2.08. The maximum Gasteiger partial charge on any atom is 0.276 e. The molecule has 0 saturated heterocycles. The smallest absolute Gasteiger partial charge is 0.276 e. The van der Waals surface area contributed by atoms with Crippen molar-refractivity contribution >= 4 is 34.8 Å². The molecule has 8 heteroatoms. The van der Waals surface area contributed by atoms with Crippen molar-refractivity contribution in [1.82, 2.24) is 9.78 Å². The van der Waals surface area contributed by atoms with Crippen LogP contribution in [0.2, 0.25) is 10.0 Å². The van der Waals surface area contributed by atoms with Crippen molar-refractivity contribution in [3.8, 4) is 5.75 Å². The van der Waals surface area contributed by atoms with Crippen LogP contribution in [-0.2, 0) is 6.73 Å². The largest absolute Gasteiger partial charge is 0.470 e. The number of benzene rings is 2. The van der Waals surface area contributed by atoms with Crippen LogP contribution in [0.1, 0.15) is 16.1 Å². The van der Waals surface area contributed by atoms with E-state index in [0.717, 1.165) is 5.56 Å². The molecule has 134 valence electrons. The summed E-state index contributed by atoms with van der Waals surface area (Å²) in [6, 6.07) is 10.8. The predicted molar refractivity (Wildman–Crippen MR) is 98.4 cm³/mol. The minimum Gasteiger partial charge on any atom is -0.470 e. The summed E-state index contributed by atoms with van der Waals surface area (Å²) in [5, 5.41) is 7.49. The summed E-state index contributed by atoms with van der Waals surface area (Å²) >= 11 is 11.9. The summed E-state index contributed by atoms with van der Waals surface area (Å²) in [5.74, 6) is -0.582. The lowest BCUT2D eigenvalue weighted by molar-refractivity contribution is 0.101. The lowest BCUT2D eigenvalue weighted by atomic mass is 10.2. The average molecular weight is 394 g/mol. The van der Waals surface area contributed by atoms with Gasteiger partial charge in [0.15, 0.2) is 12.4 Å². The molecule has 0 aliphatic heterocycles. The molecule has 1 heterocycles. The highest BCUT2D eigenvalue weighted by Gasteiger charge is 2.13. The molecule has 0 unspecified atom stereocenters. The number of nitrogens with one attached hydrogen (secondary N) is 1. The first-order valence-corrected chi connectivity index (χ1v) is 8.37. The van der Waals surface area contributed by atoms with Gasteiger partial charge in [-0.3, -0.25) is 4.79 Å². The Morgan fingerprint density at radius 3 is 2.81 bits per heavy atom. The van der Waals surface area contributed by atoms with E-state index < -0.39 is 11.7 Å². The number of hydrogen-bond acceptors (Lipinski definition) is 3. The van der Waals surface area contributed by atoms with Gasteiger partial charge in [0.05, 0.1) is 10.7 Å². The van der Waals surface area contributed by atoms with E-state index in [-0.39, 0.29) is 18.1 Å². The van der Waals surface area contributed by atoms with Gasteiger partial charge in [0.1, 0.15) is 11.6 Å². The van der Waals surface area contributed by atoms with Gasteiger partial charge >= 0.3 is 0 Å². The third kappa shape index (κ3) is 4.33. The van der Waals surface area contributed by atoms with Crippen molar-refractivity contribution < 1.29 is 13.9 Å². The summed E-state index contributed by atoms with van der Waals surface area (Å²) < 4.78 is 20.7. The molecule has 0 atom stereocenters. The van der Waals surface area contributed by atoms with Gasteiger partial charge in [-0.25, -0.2) is 9.07 Å². The number of carbonyl (C=O) groups excluding carboxylic acids is 1. The Kier molecular flexibility index (Phi) is 5.44. The lowest BCUT2D eigenvalue weighted by Crippen LogP contribution is -2.15. The number of amides is 1. The number of aryl methyl sites for hydroxylation is 1. The van der Waals surface area contributed by atoms with E-state index in [1.807, 2.05) is 6.92 Å². The van der Waals surface area contributed by atoms with Crippen LogP contribution in [-0.4, -0.2) is 15.7 Å². The van der Waals surface area contributed by atoms with E-state index in [2.05, 4.69) is 10.4 Å². The minimum atomic E-state index is -0.516. The van der Waals surface area contributed by atoms with E-state index in [1.54, 1.807) is 36.5 Å². The number of aromatic nitrogens is 2. The molecule has 0 radical (unpaired) electrons. The summed E-state index contributed by atoms with van der Waals surface area (Å²) in [4.78, 5) is 12.2. The van der Waals surface area contributed by atoms with Gasteiger partial charge in [0.2, 0.25) is 0 Å². The van der Waals surface area contributed by atoms with Crippen LogP contribution in [0.3, 0.4) is 0 Å². The Morgan fingerprint density at radius 2 is 2.04 bits per heavy atom. The molecule has 0 aliphatic carbocycles. The molecule has 3 rings (SSSR count). The summed E-state index contributed by atoms with van der Waals surface area (Å²) in [6.45, 7) is 1.86. The van der Waals surface area contributed by atoms with Crippen molar-refractivity contribution in [2.24, 2.45) is 0 Å². The normalized spacial score (nSPS) is 10.6. The Labute approximate surface area is 159 Å². The van der Waals surface area contributed by atoms with E-state index in [1.165, 1.54) is 16.8 Å². The first kappa shape index (κ1) is 18.2. The van der Waals surface area contributed by atoms with Crippen LogP contribution in [0.5, 0.6) is 5.75 Å². The SMILES string of the molecule is Cc1ccc(F)c(NC(=O)c2ccn(COc3ccc(Cl)cc3Cl)n2)c1. The molecule has 0 spiro atoms. The van der Waals surface area contributed by atoms with Crippen LogP contribution in [0, 0.1) is 12.7 Å². The molecule has 0 aliphatic rings. The molecule has 0 fully saturated rings. The summed E-state index contributed by atoms with van der Waals surface area (Å²) in [5.41, 5.74) is 1.07. The minimum absolute atomic E-state index is 0.0490. The van der Waals surface area contributed by atoms with Gasteiger partial charge in [0.25, 0.3) is 5.91 Å². The van der Waals surface area contributed by atoms with Crippen LogP contribution >= 0.6 is 23.2 Å². The number of carbonyl (C=O) groups is 1. The van der Waals surface area contributed by atoms with Gasteiger partial charge in [-0.15, -0.1) is 0 Å². The van der Waals surface area contributed by atoms with Crippen LogP contribution in [0.25, 0.3) is 0 Å². The number of ether oxygens (including phenoxy) is 1. The fourth-order valence-electron chi connectivity index (χ4n) is 2.20. The molecule has 2 aromatic carbocycles. The Balaban J connectivity index is 1.65. The van der Waals surface area contributed by atoms with Crippen LogP contribution < -0.4 is 10.1 Å². The van der Waals surface area contributed by atoms with Gasteiger partial charge in [-0.2, -0.15) is 5.10 Å². The highest BCUT2D eigenvalue weighted by Crippen LogP contribution is 2.27. The summed E-state index contributed by atoms with van der Waals surface area (Å²) in [6.07, 6.45) is 1.57. The molecule has 26 heavy (non-hydrogen) atoms. The maximum atomic E-state index is 13.7. The second kappa shape index (κ2) is 7.76. The molecule has 3 aromatic rings. The van der Waals surface area contributed by atoms with Crippen LogP contribution in [0.15, 0.2) is 48.7 Å². The molecular formula is C18H14Cl2FN3O2. The maximum absolute atomic E-state index is 13.7. The highest BCUT2D eigenvalue weighted by atomic mass is 35.5. The monoisotopic (exact) mass is 393 g/mol. The first-order chi connectivity index (χ1) is 12.4. The highest BCUT2D eigenvalue weighted by molar-refractivity contribution is 6.35. The van der Waals surface area contributed by atoms with Gasteiger partial charge in [0, 0.05) is 11.2 Å². The van der Waals surface area contributed by atoms with E-state index in [0.29, 0.717) is 15.8 Å². The zero-order chi connectivity index (χ0) is 18.7. The van der Waals surface area contributed by atoms with Crippen molar-refractivity contribution in [2.45, 2.75) is 13.7 Å². The number of nitrogens with zero attached hydrogens (tertiary/aromatic N) is 2.